The summed E-state index contributed by atoms with van der Waals surface area (Å²) in [6.07, 6.45) is -6.28. The van der Waals surface area contributed by atoms with Crippen LogP contribution < -0.4 is 15.8 Å². The molecule has 3 N–H and O–H groups in total. The van der Waals surface area contributed by atoms with Crippen LogP contribution in [-0.2, 0) is 4.79 Å². The number of H-pyrrole nitrogens is 1. The van der Waals surface area contributed by atoms with Crippen LogP contribution in [-0.4, -0.2) is 27.5 Å². The van der Waals surface area contributed by atoms with Crippen LogP contribution in [0.1, 0.15) is 11.7 Å². The van der Waals surface area contributed by atoms with Gasteiger partial charge in [0, 0.05) is 11.3 Å². The van der Waals surface area contributed by atoms with Gasteiger partial charge in [-0.3, -0.25) is 14.3 Å². The Bertz CT molecular complexity index is 1350. The van der Waals surface area contributed by atoms with E-state index in [0.717, 1.165) is 0 Å². The summed E-state index contributed by atoms with van der Waals surface area (Å²) in [4.78, 5) is 26.0. The maximum Gasteiger partial charge on any atom is 0.573 e. The van der Waals surface area contributed by atoms with Crippen molar-refractivity contribution in [1.29, 1.82) is 0 Å². The number of hydrogen-bond donors (Lipinski definition) is 3. The summed E-state index contributed by atoms with van der Waals surface area (Å²) in [6, 6.07) is 18.0. The highest BCUT2D eigenvalue weighted by Crippen LogP contribution is 2.28. The highest BCUT2D eigenvalue weighted by molar-refractivity contribution is 5.95. The third-order valence-corrected chi connectivity index (χ3v) is 4.74. The Hall–Kier alpha value is -4.38. The number of nitrogens with one attached hydrogen (secondary N) is 2. The van der Waals surface area contributed by atoms with E-state index in [1.165, 1.54) is 24.3 Å². The van der Waals surface area contributed by atoms with Gasteiger partial charge in [0.25, 0.3) is 5.91 Å². The van der Waals surface area contributed by atoms with Crippen LogP contribution in [0.3, 0.4) is 0 Å². The molecule has 34 heavy (non-hydrogen) atoms. The van der Waals surface area contributed by atoms with Gasteiger partial charge in [-0.1, -0.05) is 35.5 Å². The van der Waals surface area contributed by atoms with Gasteiger partial charge in [0.2, 0.25) is 0 Å². The second-order valence-corrected chi connectivity index (χ2v) is 7.11. The van der Waals surface area contributed by atoms with Crippen LogP contribution in [0.25, 0.3) is 22.5 Å². The number of nitrogens with zero attached hydrogens (tertiary/aromatic N) is 1. The van der Waals surface area contributed by atoms with Gasteiger partial charge in [-0.15, -0.1) is 13.2 Å². The topological polar surface area (TPSA) is 117 Å². The van der Waals surface area contributed by atoms with Crippen molar-refractivity contribution in [2.75, 3.05) is 5.32 Å². The largest absolute Gasteiger partial charge is 0.573 e. The zero-order chi connectivity index (χ0) is 24.3. The molecule has 0 saturated carbocycles. The van der Waals surface area contributed by atoms with Crippen molar-refractivity contribution in [3.8, 4) is 28.3 Å². The molecule has 0 bridgehead atoms. The first kappa shape index (κ1) is 22.8. The number of aliphatic hydroxyl groups excluding tert-OH is 1. The van der Waals surface area contributed by atoms with Gasteiger partial charge in [-0.25, -0.2) is 4.79 Å². The zero-order valence-corrected chi connectivity index (χ0v) is 17.2. The van der Waals surface area contributed by atoms with Gasteiger partial charge in [0.1, 0.15) is 5.75 Å². The number of rotatable bonds is 6. The fourth-order valence-electron chi connectivity index (χ4n) is 3.17. The third kappa shape index (κ3) is 5.51. The van der Waals surface area contributed by atoms with Gasteiger partial charge < -0.3 is 15.2 Å². The van der Waals surface area contributed by atoms with E-state index in [0.29, 0.717) is 27.9 Å². The quantitative estimate of drug-likeness (QED) is 0.387. The van der Waals surface area contributed by atoms with Gasteiger partial charge in [-0.05, 0) is 59.2 Å². The first-order chi connectivity index (χ1) is 16.2. The molecule has 1 amide bonds. The Morgan fingerprint density at radius 1 is 1.00 bits per heavy atom. The minimum Gasteiger partial charge on any atom is -0.406 e. The molecule has 4 rings (SSSR count). The average molecular weight is 471 g/mol. The second kappa shape index (κ2) is 9.24. The van der Waals surface area contributed by atoms with Crippen LogP contribution in [0.2, 0.25) is 0 Å². The van der Waals surface area contributed by atoms with Gasteiger partial charge >= 0.3 is 12.1 Å². The summed E-state index contributed by atoms with van der Waals surface area (Å²) in [5, 5.41) is 16.7. The van der Waals surface area contributed by atoms with Crippen molar-refractivity contribution >= 4 is 11.6 Å². The number of hydrogen-bond acceptors (Lipinski definition) is 6. The lowest BCUT2D eigenvalue weighted by Crippen LogP contribution is -2.20. The van der Waals surface area contributed by atoms with Crippen LogP contribution in [0.15, 0.2) is 82.1 Å². The van der Waals surface area contributed by atoms with E-state index < -0.39 is 24.1 Å². The van der Waals surface area contributed by atoms with Crippen molar-refractivity contribution < 1.29 is 32.3 Å². The molecule has 0 spiro atoms. The van der Waals surface area contributed by atoms with Crippen molar-refractivity contribution in [1.82, 2.24) is 10.1 Å². The van der Waals surface area contributed by atoms with E-state index in [9.17, 15) is 27.9 Å². The van der Waals surface area contributed by atoms with E-state index in [2.05, 4.69) is 24.7 Å². The lowest BCUT2D eigenvalue weighted by Gasteiger charge is -2.14. The van der Waals surface area contributed by atoms with Crippen molar-refractivity contribution in [2.24, 2.45) is 0 Å². The molecule has 1 heterocycles. The van der Waals surface area contributed by atoms with Crippen molar-refractivity contribution in [3.05, 3.63) is 88.9 Å². The van der Waals surface area contributed by atoms with Crippen LogP contribution in [0, 0.1) is 0 Å². The molecule has 0 aliphatic carbocycles. The standard InChI is InChI=1S/C23H16F3N3O5/c24-23(25,26)33-18-10-6-13(7-11-18)15-2-1-3-16(12-15)19(30)21(31)27-17-8-4-14(5-9-17)20-28-22(32)34-29-20/h1-12,19,30H,(H,27,31)(H,28,29,32). The zero-order valence-electron chi connectivity index (χ0n) is 17.2. The monoisotopic (exact) mass is 471 g/mol. The van der Waals surface area contributed by atoms with Crippen LogP contribution in [0.4, 0.5) is 18.9 Å². The van der Waals surface area contributed by atoms with E-state index in [1.807, 2.05) is 0 Å². The normalized spacial score (nSPS) is 12.2. The van der Waals surface area contributed by atoms with E-state index >= 15 is 0 Å². The number of ether oxygens (including phenoxy) is 1. The lowest BCUT2D eigenvalue weighted by molar-refractivity contribution is -0.274. The summed E-state index contributed by atoms with van der Waals surface area (Å²) in [5.41, 5.74) is 2.42. The average Bonchev–Trinajstić information content (AvgIpc) is 3.25. The highest BCUT2D eigenvalue weighted by Gasteiger charge is 2.31. The number of anilines is 1. The molecule has 0 radical (unpaired) electrons. The molecule has 0 fully saturated rings. The summed E-state index contributed by atoms with van der Waals surface area (Å²) in [7, 11) is 0. The number of halogens is 3. The lowest BCUT2D eigenvalue weighted by atomic mass is 10.00. The van der Waals surface area contributed by atoms with Gasteiger partial charge in [-0.2, -0.15) is 0 Å². The molecule has 8 nitrogen and oxygen atoms in total. The van der Waals surface area contributed by atoms with Crippen LogP contribution >= 0.6 is 0 Å². The van der Waals surface area contributed by atoms with Crippen molar-refractivity contribution in [2.45, 2.75) is 12.5 Å². The molecule has 1 unspecified atom stereocenters. The van der Waals surface area contributed by atoms with Gasteiger partial charge in [0.05, 0.1) is 0 Å². The maximum atomic E-state index is 12.5. The Balaban J connectivity index is 1.44. The highest BCUT2D eigenvalue weighted by atomic mass is 19.4. The predicted octanol–water partition coefficient (Wildman–Crippen LogP) is 4.27. The summed E-state index contributed by atoms with van der Waals surface area (Å²) < 4.78 is 45.3. The fraction of sp³-hybridized carbons (Fsp3) is 0.0870. The van der Waals surface area contributed by atoms with E-state index in [1.54, 1.807) is 48.5 Å². The fourth-order valence-corrected chi connectivity index (χ4v) is 3.17. The Morgan fingerprint density at radius 3 is 2.29 bits per heavy atom. The molecule has 4 aromatic rings. The predicted molar refractivity (Wildman–Crippen MR) is 115 cm³/mol. The minimum atomic E-state index is -4.78. The number of aliphatic hydroxyl groups is 1. The summed E-state index contributed by atoms with van der Waals surface area (Å²) in [5.74, 6) is -1.50. The Labute approximate surface area is 189 Å². The molecule has 0 saturated heterocycles. The van der Waals surface area contributed by atoms with Crippen LogP contribution in [0.5, 0.6) is 5.75 Å². The number of carbonyl (C=O) groups is 1. The Kier molecular flexibility index (Phi) is 6.19. The SMILES string of the molecule is O=C(Nc1ccc(-c2noc(=O)[nH]2)cc1)C(O)c1cccc(-c2ccc(OC(F)(F)F)cc2)c1. The number of alkyl halides is 3. The van der Waals surface area contributed by atoms with E-state index in [4.69, 9.17) is 0 Å². The van der Waals surface area contributed by atoms with E-state index in [-0.39, 0.29) is 11.6 Å². The molecule has 0 aliphatic rings. The number of aromatic nitrogens is 2. The number of benzene rings is 3. The molecule has 1 aromatic heterocycles. The second-order valence-electron chi connectivity index (χ2n) is 7.11. The first-order valence-electron chi connectivity index (χ1n) is 9.79. The molecule has 174 valence electrons. The number of aromatic amines is 1. The first-order valence-corrected chi connectivity index (χ1v) is 9.79. The van der Waals surface area contributed by atoms with Gasteiger partial charge in [0.15, 0.2) is 11.9 Å². The minimum absolute atomic E-state index is 0.234. The molecular weight excluding hydrogens is 455 g/mol. The van der Waals surface area contributed by atoms with Crippen molar-refractivity contribution in [3.63, 3.8) is 0 Å². The summed E-state index contributed by atoms with van der Waals surface area (Å²) >= 11 is 0. The number of amides is 1. The Morgan fingerprint density at radius 2 is 1.68 bits per heavy atom. The summed E-state index contributed by atoms with van der Waals surface area (Å²) in [6.45, 7) is 0. The third-order valence-electron chi connectivity index (χ3n) is 4.74. The molecule has 0 aliphatic heterocycles. The molecule has 3 aromatic carbocycles. The molecule has 1 atom stereocenters. The number of carbonyl (C=O) groups excluding carboxylic acids is 1. The molecule has 11 heteroatoms. The maximum absolute atomic E-state index is 12.5. The molecular formula is C23H16F3N3O5. The smallest absolute Gasteiger partial charge is 0.406 e.